The molecule has 1 heterocycles. The number of carboxylic acids is 1. The van der Waals surface area contributed by atoms with Gasteiger partial charge >= 0.3 is 5.97 Å². The number of aromatic carboxylic acids is 1. The first-order valence-corrected chi connectivity index (χ1v) is 5.64. The molecule has 0 bridgehead atoms. The standard InChI is InChI=1S/C8H11ClN2O2S/c1-4(2)11-6(8(12)13)5(9)7(10-11)14-3/h4H,1-3H3,(H,12,13). The van der Waals surface area contributed by atoms with Gasteiger partial charge in [0.1, 0.15) is 10.0 Å². The van der Waals surface area contributed by atoms with Crippen LogP contribution in [0.25, 0.3) is 0 Å². The highest BCUT2D eigenvalue weighted by Gasteiger charge is 2.22. The van der Waals surface area contributed by atoms with E-state index < -0.39 is 5.97 Å². The van der Waals surface area contributed by atoms with Crippen LogP contribution in [0.3, 0.4) is 0 Å². The first kappa shape index (κ1) is 11.4. The molecular weight excluding hydrogens is 224 g/mol. The molecule has 1 aromatic heterocycles. The van der Waals surface area contributed by atoms with E-state index >= 15 is 0 Å². The van der Waals surface area contributed by atoms with Crippen molar-refractivity contribution in [3.63, 3.8) is 0 Å². The zero-order valence-electron chi connectivity index (χ0n) is 8.11. The third-order valence-corrected chi connectivity index (χ3v) is 2.85. The fourth-order valence-corrected chi connectivity index (χ4v) is 1.97. The molecule has 0 atom stereocenters. The minimum absolute atomic E-state index is 0.0144. The van der Waals surface area contributed by atoms with E-state index in [1.54, 1.807) is 0 Å². The lowest BCUT2D eigenvalue weighted by Gasteiger charge is -2.07. The highest BCUT2D eigenvalue weighted by molar-refractivity contribution is 7.98. The van der Waals surface area contributed by atoms with Crippen LogP contribution in [0.15, 0.2) is 5.03 Å². The maximum atomic E-state index is 10.9. The van der Waals surface area contributed by atoms with Crippen LogP contribution >= 0.6 is 23.4 Å². The van der Waals surface area contributed by atoms with Crippen LogP contribution < -0.4 is 0 Å². The fourth-order valence-electron chi connectivity index (χ4n) is 1.09. The Morgan fingerprint density at radius 1 is 1.64 bits per heavy atom. The number of carbonyl (C=O) groups is 1. The number of rotatable bonds is 3. The van der Waals surface area contributed by atoms with E-state index in [1.165, 1.54) is 16.4 Å². The summed E-state index contributed by atoms with van der Waals surface area (Å²) in [6.07, 6.45) is 1.81. The van der Waals surface area contributed by atoms with Gasteiger partial charge in [-0.3, -0.25) is 4.68 Å². The number of hydrogen-bond acceptors (Lipinski definition) is 3. The normalized spacial score (nSPS) is 10.9. The minimum atomic E-state index is -1.04. The molecule has 6 heteroatoms. The van der Waals surface area contributed by atoms with Crippen molar-refractivity contribution >= 4 is 29.3 Å². The van der Waals surface area contributed by atoms with Gasteiger partial charge in [0.15, 0.2) is 5.69 Å². The van der Waals surface area contributed by atoms with Crippen molar-refractivity contribution in [2.24, 2.45) is 0 Å². The van der Waals surface area contributed by atoms with E-state index in [1.807, 2.05) is 20.1 Å². The Bertz CT molecular complexity index is 362. The Hall–Kier alpha value is -0.680. The zero-order valence-corrected chi connectivity index (χ0v) is 9.69. The second-order valence-corrected chi connectivity index (χ2v) is 4.19. The molecule has 0 aliphatic carbocycles. The predicted octanol–water partition coefficient (Wildman–Crippen LogP) is 2.54. The lowest BCUT2D eigenvalue weighted by atomic mass is 10.3. The molecule has 0 saturated carbocycles. The zero-order chi connectivity index (χ0) is 10.9. The molecule has 0 saturated heterocycles. The summed E-state index contributed by atoms with van der Waals surface area (Å²) in [7, 11) is 0. The lowest BCUT2D eigenvalue weighted by molar-refractivity contribution is 0.0681. The van der Waals surface area contributed by atoms with Crippen molar-refractivity contribution in [2.45, 2.75) is 24.9 Å². The Labute approximate surface area is 91.2 Å². The van der Waals surface area contributed by atoms with Gasteiger partial charge in [0.05, 0.1) is 0 Å². The molecule has 0 aliphatic rings. The minimum Gasteiger partial charge on any atom is -0.476 e. The molecule has 14 heavy (non-hydrogen) atoms. The van der Waals surface area contributed by atoms with E-state index in [4.69, 9.17) is 16.7 Å². The monoisotopic (exact) mass is 234 g/mol. The van der Waals surface area contributed by atoms with Gasteiger partial charge in [0.2, 0.25) is 0 Å². The van der Waals surface area contributed by atoms with Crippen LogP contribution in [-0.4, -0.2) is 27.1 Å². The first-order chi connectivity index (χ1) is 6.49. The largest absolute Gasteiger partial charge is 0.476 e. The van der Waals surface area contributed by atoms with Crippen molar-refractivity contribution < 1.29 is 9.90 Å². The van der Waals surface area contributed by atoms with E-state index in [-0.39, 0.29) is 16.8 Å². The molecule has 0 aromatic carbocycles. The maximum absolute atomic E-state index is 10.9. The first-order valence-electron chi connectivity index (χ1n) is 4.04. The fraction of sp³-hybridized carbons (Fsp3) is 0.500. The Morgan fingerprint density at radius 3 is 2.50 bits per heavy atom. The molecule has 0 spiro atoms. The van der Waals surface area contributed by atoms with Crippen LogP contribution in [0, 0.1) is 0 Å². The molecule has 4 nitrogen and oxygen atoms in total. The Kier molecular flexibility index (Phi) is 3.44. The molecule has 1 rings (SSSR count). The molecular formula is C8H11ClN2O2S. The van der Waals surface area contributed by atoms with Crippen LogP contribution in [-0.2, 0) is 0 Å². The topological polar surface area (TPSA) is 55.1 Å². The number of nitrogens with zero attached hydrogens (tertiary/aromatic N) is 2. The average molecular weight is 235 g/mol. The maximum Gasteiger partial charge on any atom is 0.355 e. The van der Waals surface area contributed by atoms with E-state index in [9.17, 15) is 4.79 Å². The average Bonchev–Trinajstić information content (AvgIpc) is 2.42. The van der Waals surface area contributed by atoms with E-state index in [0.717, 1.165) is 0 Å². The molecule has 78 valence electrons. The summed E-state index contributed by atoms with van der Waals surface area (Å²) in [5.74, 6) is -1.04. The lowest BCUT2D eigenvalue weighted by Crippen LogP contribution is -2.12. The summed E-state index contributed by atoms with van der Waals surface area (Å²) in [5, 5.41) is 13.8. The van der Waals surface area contributed by atoms with Gasteiger partial charge < -0.3 is 5.11 Å². The summed E-state index contributed by atoms with van der Waals surface area (Å²) in [6, 6.07) is -0.0144. The van der Waals surface area contributed by atoms with Crippen molar-refractivity contribution in [3.05, 3.63) is 10.7 Å². The summed E-state index contributed by atoms with van der Waals surface area (Å²) in [4.78, 5) is 10.9. The third-order valence-electron chi connectivity index (χ3n) is 1.71. The van der Waals surface area contributed by atoms with Crippen molar-refractivity contribution in [2.75, 3.05) is 6.26 Å². The summed E-state index contributed by atoms with van der Waals surface area (Å²) in [5.41, 5.74) is 0.0611. The number of hydrogen-bond donors (Lipinski definition) is 1. The Balaban J connectivity index is 3.35. The number of aromatic nitrogens is 2. The Morgan fingerprint density at radius 2 is 2.21 bits per heavy atom. The van der Waals surface area contributed by atoms with Gasteiger partial charge in [-0.15, -0.1) is 11.8 Å². The molecule has 0 aliphatic heterocycles. The molecule has 0 fully saturated rings. The third kappa shape index (κ3) is 1.88. The SMILES string of the molecule is CSc1nn(C(C)C)c(C(=O)O)c1Cl. The van der Waals surface area contributed by atoms with Crippen LogP contribution in [0.2, 0.25) is 5.02 Å². The predicted molar refractivity (Wildman–Crippen MR) is 56.4 cm³/mol. The van der Waals surface area contributed by atoms with E-state index in [2.05, 4.69) is 5.10 Å². The van der Waals surface area contributed by atoms with Gasteiger partial charge in [-0.25, -0.2) is 4.79 Å². The summed E-state index contributed by atoms with van der Waals surface area (Å²) < 4.78 is 1.43. The summed E-state index contributed by atoms with van der Waals surface area (Å²) in [6.45, 7) is 3.72. The second-order valence-electron chi connectivity index (χ2n) is 3.02. The van der Waals surface area contributed by atoms with Crippen molar-refractivity contribution in [3.8, 4) is 0 Å². The van der Waals surface area contributed by atoms with Gasteiger partial charge in [-0.2, -0.15) is 5.10 Å². The quantitative estimate of drug-likeness (QED) is 0.817. The van der Waals surface area contributed by atoms with Crippen LogP contribution in [0.1, 0.15) is 30.4 Å². The van der Waals surface area contributed by atoms with Gasteiger partial charge in [-0.1, -0.05) is 11.6 Å². The number of thioether (sulfide) groups is 1. The molecule has 1 N–H and O–H groups in total. The molecule has 0 radical (unpaired) electrons. The van der Waals surface area contributed by atoms with Crippen molar-refractivity contribution in [1.29, 1.82) is 0 Å². The van der Waals surface area contributed by atoms with Crippen LogP contribution in [0.5, 0.6) is 0 Å². The number of halogens is 1. The van der Waals surface area contributed by atoms with Gasteiger partial charge in [0.25, 0.3) is 0 Å². The van der Waals surface area contributed by atoms with Gasteiger partial charge in [0, 0.05) is 6.04 Å². The molecule has 0 unspecified atom stereocenters. The van der Waals surface area contributed by atoms with E-state index in [0.29, 0.717) is 5.03 Å². The smallest absolute Gasteiger partial charge is 0.355 e. The van der Waals surface area contributed by atoms with Gasteiger partial charge in [-0.05, 0) is 20.1 Å². The highest BCUT2D eigenvalue weighted by atomic mass is 35.5. The van der Waals surface area contributed by atoms with Crippen LogP contribution in [0.4, 0.5) is 0 Å². The number of carboxylic acid groups (broad SMARTS) is 1. The van der Waals surface area contributed by atoms with Crippen molar-refractivity contribution in [1.82, 2.24) is 9.78 Å². The second kappa shape index (κ2) is 4.23. The highest BCUT2D eigenvalue weighted by Crippen LogP contribution is 2.29. The molecule has 1 aromatic rings. The summed E-state index contributed by atoms with van der Waals surface area (Å²) >= 11 is 7.22. The molecule has 0 amide bonds.